The van der Waals surface area contributed by atoms with Gasteiger partial charge in [0.05, 0.1) is 12.6 Å². The smallest absolute Gasteiger partial charge is 0.268 e. The average Bonchev–Trinajstić information content (AvgIpc) is 3.20. The summed E-state index contributed by atoms with van der Waals surface area (Å²) in [4.78, 5) is 38.7. The molecule has 2 fully saturated rings. The van der Waals surface area contributed by atoms with E-state index in [0.717, 1.165) is 12.8 Å². The van der Waals surface area contributed by atoms with Gasteiger partial charge in [0.15, 0.2) is 0 Å². The van der Waals surface area contributed by atoms with Gasteiger partial charge >= 0.3 is 0 Å². The first kappa shape index (κ1) is 20.5. The second-order valence-corrected chi connectivity index (χ2v) is 8.17. The average molecular weight is 391 g/mol. The van der Waals surface area contributed by atoms with Crippen LogP contribution in [0.1, 0.15) is 56.4 Å². The molecule has 0 aromatic carbocycles. The summed E-state index contributed by atoms with van der Waals surface area (Å²) in [6.45, 7) is 3.88. The molecule has 8 nitrogen and oxygen atoms in total. The van der Waals surface area contributed by atoms with Crippen molar-refractivity contribution in [1.82, 2.24) is 15.6 Å². The van der Waals surface area contributed by atoms with Crippen LogP contribution in [0.25, 0.3) is 0 Å². The van der Waals surface area contributed by atoms with Crippen molar-refractivity contribution in [3.8, 4) is 0 Å². The van der Waals surface area contributed by atoms with Crippen LogP contribution in [0, 0.1) is 5.92 Å². The number of epoxide rings is 1. The van der Waals surface area contributed by atoms with E-state index in [1.54, 1.807) is 6.92 Å². The molecule has 2 aliphatic rings. The van der Waals surface area contributed by atoms with Crippen LogP contribution in [-0.4, -0.2) is 52.3 Å². The van der Waals surface area contributed by atoms with Crippen molar-refractivity contribution in [2.24, 2.45) is 5.92 Å². The summed E-state index contributed by atoms with van der Waals surface area (Å²) in [6.07, 6.45) is 4.45. The summed E-state index contributed by atoms with van der Waals surface area (Å²) >= 11 is 0. The Bertz CT molecular complexity index is 767. The summed E-state index contributed by atoms with van der Waals surface area (Å²) in [5.74, 6) is -0.440. The quantitative estimate of drug-likeness (QED) is 0.486. The topological polar surface area (TPSA) is 124 Å². The zero-order valence-corrected chi connectivity index (χ0v) is 16.4. The fourth-order valence-corrected chi connectivity index (χ4v) is 3.81. The Kier molecular flexibility index (Phi) is 6.20. The number of aromatic nitrogens is 1. The van der Waals surface area contributed by atoms with Crippen LogP contribution in [-0.2, 0) is 9.53 Å². The van der Waals surface area contributed by atoms with Gasteiger partial charge in [-0.15, -0.1) is 0 Å². The van der Waals surface area contributed by atoms with Gasteiger partial charge in [0, 0.05) is 6.07 Å². The Morgan fingerprint density at radius 2 is 2.00 bits per heavy atom. The van der Waals surface area contributed by atoms with E-state index in [1.807, 2.05) is 6.92 Å². The van der Waals surface area contributed by atoms with Crippen LogP contribution in [0.15, 0.2) is 23.0 Å². The molecule has 4 atom stereocenters. The van der Waals surface area contributed by atoms with Gasteiger partial charge in [-0.05, 0) is 32.3 Å². The number of carbonyl (C=O) groups is 2. The van der Waals surface area contributed by atoms with Gasteiger partial charge in [-0.25, -0.2) is 0 Å². The number of aliphatic hydroxyl groups is 1. The molecule has 4 N–H and O–H groups in total. The molecule has 154 valence electrons. The van der Waals surface area contributed by atoms with Gasteiger partial charge in [-0.2, -0.15) is 0 Å². The number of hydrogen-bond donors (Lipinski definition) is 4. The molecule has 2 heterocycles. The van der Waals surface area contributed by atoms with Crippen molar-refractivity contribution < 1.29 is 19.4 Å². The largest absolute Gasteiger partial charge is 0.388 e. The molecule has 1 aromatic rings. The van der Waals surface area contributed by atoms with Gasteiger partial charge in [0.2, 0.25) is 11.5 Å². The Morgan fingerprint density at radius 1 is 1.32 bits per heavy atom. The second-order valence-electron chi connectivity index (χ2n) is 8.17. The van der Waals surface area contributed by atoms with E-state index in [0.29, 0.717) is 18.9 Å². The summed E-state index contributed by atoms with van der Waals surface area (Å²) in [6, 6.07) is 3.01. The van der Waals surface area contributed by atoms with E-state index >= 15 is 0 Å². The van der Waals surface area contributed by atoms with Crippen LogP contribution in [0.4, 0.5) is 0 Å². The summed E-state index contributed by atoms with van der Waals surface area (Å²) in [5.41, 5.74) is -0.914. The molecule has 1 saturated carbocycles. The predicted molar refractivity (Wildman–Crippen MR) is 103 cm³/mol. The molecule has 1 aliphatic heterocycles. The monoisotopic (exact) mass is 391 g/mol. The fourth-order valence-electron chi connectivity index (χ4n) is 3.81. The zero-order chi connectivity index (χ0) is 20.3. The van der Waals surface area contributed by atoms with Crippen molar-refractivity contribution in [2.45, 2.75) is 69.7 Å². The van der Waals surface area contributed by atoms with E-state index < -0.39 is 29.7 Å². The second kappa shape index (κ2) is 8.45. The molecule has 8 heteroatoms. The van der Waals surface area contributed by atoms with E-state index in [2.05, 4.69) is 15.6 Å². The van der Waals surface area contributed by atoms with Gasteiger partial charge < -0.3 is 25.5 Å². The van der Waals surface area contributed by atoms with E-state index in [9.17, 15) is 19.5 Å². The van der Waals surface area contributed by atoms with E-state index in [1.165, 1.54) is 31.0 Å². The first-order valence-corrected chi connectivity index (χ1v) is 9.91. The molecule has 1 aliphatic carbocycles. The van der Waals surface area contributed by atoms with Crippen LogP contribution >= 0.6 is 0 Å². The Labute approximate surface area is 164 Å². The minimum absolute atomic E-state index is 0.0913. The molecule has 4 unspecified atom stereocenters. The van der Waals surface area contributed by atoms with Crippen LogP contribution in [0.3, 0.4) is 0 Å². The van der Waals surface area contributed by atoms with Crippen molar-refractivity contribution >= 4 is 11.8 Å². The number of carbonyl (C=O) groups excluding carboxylic acids is 2. The molecule has 2 amide bonds. The number of aliphatic hydroxyl groups excluding tert-OH is 1. The summed E-state index contributed by atoms with van der Waals surface area (Å²) in [5, 5.41) is 16.2. The van der Waals surface area contributed by atoms with Gasteiger partial charge in [0.1, 0.15) is 23.4 Å². The molecule has 0 bridgehead atoms. The number of hydrogen-bond acceptors (Lipinski definition) is 5. The minimum atomic E-state index is -0.817. The van der Waals surface area contributed by atoms with Crippen LogP contribution < -0.4 is 16.2 Å². The highest BCUT2D eigenvalue weighted by molar-refractivity contribution is 5.95. The number of ether oxygens (including phenoxy) is 1. The molecular weight excluding hydrogens is 362 g/mol. The Balaban J connectivity index is 1.61. The standard InChI is InChI=1S/C20H29N3O5/c1-12(21-19(27)14-8-5-9-16(24)22-14)18(26)23-15(10-13-6-3-4-7-13)17(25)20(2)11-28-20/h5,8-9,12-13,15,17,25H,3-4,6-7,10-11H2,1-2H3,(H,21,27)(H,22,24)(H,23,26). The Morgan fingerprint density at radius 3 is 2.61 bits per heavy atom. The lowest BCUT2D eigenvalue weighted by molar-refractivity contribution is -0.124. The Hall–Kier alpha value is -2.19. The number of H-pyrrole nitrogens is 1. The molecule has 0 radical (unpaired) electrons. The third kappa shape index (κ3) is 4.99. The van der Waals surface area contributed by atoms with Crippen molar-refractivity contribution in [1.29, 1.82) is 0 Å². The molecule has 1 aromatic heterocycles. The number of rotatable bonds is 8. The van der Waals surface area contributed by atoms with Crippen LogP contribution in [0.2, 0.25) is 0 Å². The minimum Gasteiger partial charge on any atom is -0.388 e. The van der Waals surface area contributed by atoms with E-state index in [-0.39, 0.29) is 17.2 Å². The number of nitrogens with one attached hydrogen (secondary N) is 3. The lowest BCUT2D eigenvalue weighted by atomic mass is 9.89. The molecule has 0 spiro atoms. The zero-order valence-electron chi connectivity index (χ0n) is 16.4. The van der Waals surface area contributed by atoms with Gasteiger partial charge in [-0.3, -0.25) is 14.4 Å². The first-order chi connectivity index (χ1) is 13.3. The predicted octanol–water partition coefficient (Wildman–Crippen LogP) is 0.708. The maximum Gasteiger partial charge on any atom is 0.268 e. The lowest BCUT2D eigenvalue weighted by Gasteiger charge is -2.30. The van der Waals surface area contributed by atoms with Crippen molar-refractivity contribution in [3.05, 3.63) is 34.2 Å². The highest BCUT2D eigenvalue weighted by Crippen LogP contribution is 2.36. The fraction of sp³-hybridized carbons (Fsp3) is 0.650. The number of aromatic amines is 1. The first-order valence-electron chi connectivity index (χ1n) is 9.91. The van der Waals surface area contributed by atoms with E-state index in [4.69, 9.17) is 4.74 Å². The lowest BCUT2D eigenvalue weighted by Crippen LogP contribution is -2.54. The number of amides is 2. The number of pyridine rings is 1. The van der Waals surface area contributed by atoms with Crippen LogP contribution in [0.5, 0.6) is 0 Å². The maximum absolute atomic E-state index is 12.7. The van der Waals surface area contributed by atoms with Gasteiger partial charge in [-0.1, -0.05) is 31.7 Å². The highest BCUT2D eigenvalue weighted by atomic mass is 16.6. The van der Waals surface area contributed by atoms with Crippen molar-refractivity contribution in [3.63, 3.8) is 0 Å². The third-order valence-corrected chi connectivity index (χ3v) is 5.75. The summed E-state index contributed by atoms with van der Waals surface area (Å²) < 4.78 is 5.37. The molecule has 28 heavy (non-hydrogen) atoms. The molecule has 3 rings (SSSR count). The normalized spacial score (nSPS) is 25.0. The maximum atomic E-state index is 12.7. The highest BCUT2D eigenvalue weighted by Gasteiger charge is 2.50. The third-order valence-electron chi connectivity index (χ3n) is 5.75. The SMILES string of the molecule is CC(NC(=O)c1cccc(=O)[nH]1)C(=O)NC(CC1CCCC1)C(O)C1(C)CO1. The van der Waals surface area contributed by atoms with Crippen molar-refractivity contribution in [2.75, 3.05) is 6.61 Å². The van der Waals surface area contributed by atoms with Gasteiger partial charge in [0.25, 0.3) is 5.91 Å². The molecule has 1 saturated heterocycles. The summed E-state index contributed by atoms with van der Waals surface area (Å²) in [7, 11) is 0. The molecular formula is C20H29N3O5.